The first-order chi connectivity index (χ1) is 11.1. The van der Waals surface area contributed by atoms with Gasteiger partial charge in [0.2, 0.25) is 0 Å². The van der Waals surface area contributed by atoms with Crippen LogP contribution < -0.4 is 5.32 Å². The van der Waals surface area contributed by atoms with E-state index >= 15 is 0 Å². The molecule has 118 valence electrons. The van der Waals surface area contributed by atoms with Gasteiger partial charge in [0.05, 0.1) is 21.4 Å². The topological polar surface area (TPSA) is 51.2 Å². The van der Waals surface area contributed by atoms with Crippen LogP contribution >= 0.6 is 33.9 Å². The number of aromatic nitrogens is 1. The summed E-state index contributed by atoms with van der Waals surface area (Å²) in [6.07, 6.45) is 0. The standard InChI is InChI=1S/C16H12FIN2O2S/c1-9-4-11(18)2-3-12(9)20-15-10(6-22-8-21)5-13-16(14(15)17)23-7-19-13/h2-5,7-8,20H,6H2,1H3. The van der Waals surface area contributed by atoms with Crippen LogP contribution in [0.4, 0.5) is 15.8 Å². The summed E-state index contributed by atoms with van der Waals surface area (Å²) in [5.41, 5.74) is 4.82. The van der Waals surface area contributed by atoms with Crippen molar-refractivity contribution in [1.82, 2.24) is 4.98 Å². The second kappa shape index (κ2) is 6.79. The van der Waals surface area contributed by atoms with Gasteiger partial charge in [0, 0.05) is 14.8 Å². The lowest BCUT2D eigenvalue weighted by Gasteiger charge is -2.15. The maximum atomic E-state index is 14.8. The van der Waals surface area contributed by atoms with Crippen LogP contribution in [0, 0.1) is 16.3 Å². The molecule has 0 radical (unpaired) electrons. The molecule has 0 aliphatic rings. The smallest absolute Gasteiger partial charge is 0.293 e. The predicted molar refractivity (Wildman–Crippen MR) is 97.6 cm³/mol. The average molecular weight is 442 g/mol. The maximum absolute atomic E-state index is 14.8. The molecule has 1 N–H and O–H groups in total. The lowest BCUT2D eigenvalue weighted by Crippen LogP contribution is -2.03. The fourth-order valence-corrected chi connectivity index (χ4v) is 3.64. The number of benzene rings is 2. The summed E-state index contributed by atoms with van der Waals surface area (Å²) in [4.78, 5) is 14.6. The maximum Gasteiger partial charge on any atom is 0.293 e. The van der Waals surface area contributed by atoms with Gasteiger partial charge in [-0.05, 0) is 59.3 Å². The largest absolute Gasteiger partial charge is 0.463 e. The van der Waals surface area contributed by atoms with E-state index in [1.54, 1.807) is 11.6 Å². The van der Waals surface area contributed by atoms with E-state index in [1.165, 1.54) is 11.3 Å². The molecule has 3 rings (SSSR count). The van der Waals surface area contributed by atoms with Gasteiger partial charge in [-0.15, -0.1) is 11.3 Å². The van der Waals surface area contributed by atoms with Crippen LogP contribution in [0.2, 0.25) is 0 Å². The number of nitrogens with one attached hydrogen (secondary N) is 1. The van der Waals surface area contributed by atoms with Crippen molar-refractivity contribution in [2.24, 2.45) is 0 Å². The molecule has 0 saturated heterocycles. The van der Waals surface area contributed by atoms with Crippen molar-refractivity contribution in [3.8, 4) is 0 Å². The SMILES string of the molecule is Cc1cc(I)ccc1Nc1c(COC=O)cc2ncsc2c1F. The molecule has 0 aliphatic heterocycles. The molecule has 7 heteroatoms. The molecule has 0 unspecified atom stereocenters. The number of aryl methyl sites for hydroxylation is 1. The molecule has 1 heterocycles. The van der Waals surface area contributed by atoms with E-state index < -0.39 is 0 Å². The van der Waals surface area contributed by atoms with Crippen LogP contribution in [0.5, 0.6) is 0 Å². The molecule has 0 aliphatic carbocycles. The number of fused-ring (bicyclic) bond motifs is 1. The fourth-order valence-electron chi connectivity index (χ4n) is 2.29. The number of halogens is 2. The van der Waals surface area contributed by atoms with Gasteiger partial charge in [0.25, 0.3) is 6.47 Å². The number of carbonyl (C=O) groups is 1. The number of hydrogen-bond donors (Lipinski definition) is 1. The predicted octanol–water partition coefficient (Wildman–Crippen LogP) is 4.77. The molecule has 1 aromatic heterocycles. The minimum atomic E-state index is -0.382. The molecule has 0 fully saturated rings. The van der Waals surface area contributed by atoms with Gasteiger partial charge < -0.3 is 10.1 Å². The minimum absolute atomic E-state index is 0.0143. The highest BCUT2D eigenvalue weighted by molar-refractivity contribution is 14.1. The first-order valence-corrected chi connectivity index (χ1v) is 8.69. The number of thiazole rings is 1. The molecule has 0 bridgehead atoms. The van der Waals surface area contributed by atoms with Crippen LogP contribution in [0.1, 0.15) is 11.1 Å². The van der Waals surface area contributed by atoms with E-state index in [4.69, 9.17) is 4.74 Å². The highest BCUT2D eigenvalue weighted by Crippen LogP contribution is 2.34. The van der Waals surface area contributed by atoms with E-state index in [9.17, 15) is 9.18 Å². The summed E-state index contributed by atoms with van der Waals surface area (Å²) in [5, 5.41) is 3.13. The Balaban J connectivity index is 2.09. The lowest BCUT2D eigenvalue weighted by atomic mass is 10.1. The van der Waals surface area contributed by atoms with Crippen LogP contribution in [-0.4, -0.2) is 11.5 Å². The first kappa shape index (κ1) is 16.1. The van der Waals surface area contributed by atoms with Crippen LogP contribution in [0.3, 0.4) is 0 Å². The zero-order valence-electron chi connectivity index (χ0n) is 12.1. The Morgan fingerprint density at radius 1 is 1.43 bits per heavy atom. The zero-order valence-corrected chi connectivity index (χ0v) is 15.1. The molecular formula is C16H12FIN2O2S. The lowest BCUT2D eigenvalue weighted by molar-refractivity contribution is -0.129. The highest BCUT2D eigenvalue weighted by Gasteiger charge is 2.16. The molecule has 23 heavy (non-hydrogen) atoms. The van der Waals surface area contributed by atoms with E-state index in [0.29, 0.717) is 27.9 Å². The number of hydrogen-bond acceptors (Lipinski definition) is 5. The van der Waals surface area contributed by atoms with Crippen molar-refractivity contribution in [1.29, 1.82) is 0 Å². The third-order valence-electron chi connectivity index (χ3n) is 3.40. The number of anilines is 2. The van der Waals surface area contributed by atoms with Gasteiger partial charge >= 0.3 is 0 Å². The normalized spacial score (nSPS) is 10.7. The van der Waals surface area contributed by atoms with E-state index in [0.717, 1.165) is 14.8 Å². The van der Waals surface area contributed by atoms with Crippen LogP contribution in [0.15, 0.2) is 29.8 Å². The van der Waals surface area contributed by atoms with Crippen molar-refractivity contribution in [3.63, 3.8) is 0 Å². The second-order valence-corrected chi connectivity index (χ2v) is 7.02. The molecular weight excluding hydrogens is 430 g/mol. The van der Waals surface area contributed by atoms with Gasteiger partial charge in [-0.2, -0.15) is 0 Å². The minimum Gasteiger partial charge on any atom is -0.463 e. The summed E-state index contributed by atoms with van der Waals surface area (Å²) < 4.78 is 21.2. The summed E-state index contributed by atoms with van der Waals surface area (Å²) in [6.45, 7) is 2.29. The number of nitrogens with zero attached hydrogens (tertiary/aromatic N) is 1. The monoisotopic (exact) mass is 442 g/mol. The van der Waals surface area contributed by atoms with Gasteiger partial charge in [-0.1, -0.05) is 0 Å². The Bertz CT molecular complexity index is 882. The van der Waals surface area contributed by atoms with Crippen molar-refractivity contribution < 1.29 is 13.9 Å². The quantitative estimate of drug-likeness (QED) is 0.457. The number of ether oxygens (including phenoxy) is 1. The van der Waals surface area contributed by atoms with Crippen molar-refractivity contribution in [2.75, 3.05) is 5.32 Å². The summed E-state index contributed by atoms with van der Waals surface area (Å²) >= 11 is 3.47. The highest BCUT2D eigenvalue weighted by atomic mass is 127. The fraction of sp³-hybridized carbons (Fsp3) is 0.125. The number of rotatable bonds is 5. The van der Waals surface area contributed by atoms with Crippen molar-refractivity contribution in [2.45, 2.75) is 13.5 Å². The summed E-state index contributed by atoms with van der Waals surface area (Å²) in [6, 6.07) is 7.59. The molecule has 4 nitrogen and oxygen atoms in total. The zero-order chi connectivity index (χ0) is 16.4. The summed E-state index contributed by atoms with van der Waals surface area (Å²) in [7, 11) is 0. The summed E-state index contributed by atoms with van der Waals surface area (Å²) in [5.74, 6) is -0.382. The van der Waals surface area contributed by atoms with Gasteiger partial charge in [0.15, 0.2) is 5.82 Å². The average Bonchev–Trinajstić information content (AvgIpc) is 2.99. The van der Waals surface area contributed by atoms with Crippen LogP contribution in [0.25, 0.3) is 10.2 Å². The van der Waals surface area contributed by atoms with E-state index in [1.807, 2.05) is 25.1 Å². The molecule has 2 aromatic carbocycles. The van der Waals surface area contributed by atoms with E-state index in [2.05, 4.69) is 32.9 Å². The van der Waals surface area contributed by atoms with E-state index in [-0.39, 0.29) is 12.4 Å². The van der Waals surface area contributed by atoms with Crippen molar-refractivity contribution >= 4 is 62.0 Å². The first-order valence-electron chi connectivity index (χ1n) is 6.73. The van der Waals surface area contributed by atoms with Crippen LogP contribution in [-0.2, 0) is 16.1 Å². The Morgan fingerprint density at radius 2 is 2.26 bits per heavy atom. The van der Waals surface area contributed by atoms with Gasteiger partial charge in [-0.3, -0.25) is 4.79 Å². The third kappa shape index (κ3) is 3.30. The Morgan fingerprint density at radius 3 is 3.00 bits per heavy atom. The third-order valence-corrected chi connectivity index (χ3v) is 4.91. The second-order valence-electron chi connectivity index (χ2n) is 4.92. The van der Waals surface area contributed by atoms with Gasteiger partial charge in [-0.25, -0.2) is 9.37 Å². The molecule has 0 atom stereocenters. The van der Waals surface area contributed by atoms with Crippen molar-refractivity contribution in [3.05, 3.63) is 50.3 Å². The molecule has 0 amide bonds. The Hall–Kier alpha value is -1.74. The number of carbonyl (C=O) groups excluding carboxylic acids is 1. The Kier molecular flexibility index (Phi) is 4.76. The molecule has 3 aromatic rings. The Labute approximate surface area is 149 Å². The molecule has 0 spiro atoms. The molecule has 0 saturated carbocycles. The van der Waals surface area contributed by atoms with Gasteiger partial charge in [0.1, 0.15) is 6.61 Å².